The molecular weight excluding hydrogens is 404 g/mol. The summed E-state index contributed by atoms with van der Waals surface area (Å²) in [7, 11) is 0. The van der Waals surface area contributed by atoms with Crippen molar-refractivity contribution < 1.29 is 13.9 Å². The number of furan rings is 1. The highest BCUT2D eigenvalue weighted by Gasteiger charge is 2.27. The first-order valence-corrected chi connectivity index (χ1v) is 11.1. The molecule has 2 aromatic carbocycles. The van der Waals surface area contributed by atoms with Gasteiger partial charge in [-0.05, 0) is 49.6 Å². The summed E-state index contributed by atoms with van der Waals surface area (Å²) in [5, 5.41) is 4.08. The summed E-state index contributed by atoms with van der Waals surface area (Å²) in [4.78, 5) is 23.9. The maximum atomic E-state index is 12.8. The lowest BCUT2D eigenvalue weighted by Gasteiger charge is -2.31. The first-order valence-electron chi connectivity index (χ1n) is 11.1. The second-order valence-corrected chi connectivity index (χ2v) is 8.03. The molecule has 5 rings (SSSR count). The van der Waals surface area contributed by atoms with Gasteiger partial charge in [-0.2, -0.15) is 0 Å². The quantitative estimate of drug-likeness (QED) is 0.491. The minimum absolute atomic E-state index is 0.00525. The standard InChI is InChI=1S/C25H26N4O3/c1-2-31-19-7-5-6-17(14-19)15-26-25(30)18-10-12-29(13-11-18)24-23-22(27-16-28-24)20-8-3-4-9-21(20)32-23/h3-9,14,16,18H,2,10-13,15H2,1H3,(H,26,30). The third kappa shape index (κ3) is 3.98. The molecule has 1 aliphatic heterocycles. The van der Waals surface area contributed by atoms with Crippen LogP contribution in [0.4, 0.5) is 5.82 Å². The van der Waals surface area contributed by atoms with Crippen LogP contribution in [0.1, 0.15) is 25.3 Å². The van der Waals surface area contributed by atoms with E-state index in [-0.39, 0.29) is 11.8 Å². The molecule has 7 heteroatoms. The SMILES string of the molecule is CCOc1cccc(CNC(=O)C2CCN(c3ncnc4c3oc3ccccc34)CC2)c1. The lowest BCUT2D eigenvalue weighted by atomic mass is 9.95. The number of nitrogens with zero attached hydrogens (tertiary/aromatic N) is 3. The number of hydrogen-bond donors (Lipinski definition) is 1. The number of benzene rings is 2. The highest BCUT2D eigenvalue weighted by atomic mass is 16.5. The summed E-state index contributed by atoms with van der Waals surface area (Å²) in [5.41, 5.74) is 3.40. The van der Waals surface area contributed by atoms with Crippen molar-refractivity contribution in [2.45, 2.75) is 26.3 Å². The Bertz CT molecular complexity index is 1240. The Kier molecular flexibility index (Phi) is 5.62. The van der Waals surface area contributed by atoms with Crippen LogP contribution < -0.4 is 15.0 Å². The lowest BCUT2D eigenvalue weighted by molar-refractivity contribution is -0.125. The van der Waals surface area contributed by atoms with Crippen molar-refractivity contribution in [1.29, 1.82) is 0 Å². The molecule has 0 atom stereocenters. The summed E-state index contributed by atoms with van der Waals surface area (Å²) in [6.45, 7) is 4.59. The number of fused-ring (bicyclic) bond motifs is 3. The van der Waals surface area contributed by atoms with Crippen molar-refractivity contribution >= 4 is 33.8 Å². The summed E-state index contributed by atoms with van der Waals surface area (Å²) in [6.07, 6.45) is 3.14. The highest BCUT2D eigenvalue weighted by Crippen LogP contribution is 2.33. The van der Waals surface area contributed by atoms with Gasteiger partial charge >= 0.3 is 0 Å². The summed E-state index contributed by atoms with van der Waals surface area (Å²) in [5.74, 6) is 1.73. The van der Waals surface area contributed by atoms with Crippen molar-refractivity contribution in [1.82, 2.24) is 15.3 Å². The molecule has 0 saturated carbocycles. The molecule has 3 heterocycles. The second-order valence-electron chi connectivity index (χ2n) is 8.03. The van der Waals surface area contributed by atoms with Gasteiger partial charge in [0.2, 0.25) is 5.91 Å². The number of ether oxygens (including phenoxy) is 1. The van der Waals surface area contributed by atoms with Gasteiger partial charge in [0.1, 0.15) is 23.2 Å². The largest absolute Gasteiger partial charge is 0.494 e. The molecule has 1 amide bonds. The molecule has 1 N–H and O–H groups in total. The Morgan fingerprint density at radius 3 is 2.84 bits per heavy atom. The number of rotatable bonds is 6. The molecule has 0 spiro atoms. The van der Waals surface area contributed by atoms with E-state index in [4.69, 9.17) is 9.15 Å². The van der Waals surface area contributed by atoms with E-state index in [0.29, 0.717) is 18.7 Å². The van der Waals surface area contributed by atoms with E-state index < -0.39 is 0 Å². The van der Waals surface area contributed by atoms with E-state index in [1.807, 2.05) is 55.5 Å². The van der Waals surface area contributed by atoms with Crippen molar-refractivity contribution in [3.05, 3.63) is 60.4 Å². The Balaban J connectivity index is 1.22. The fourth-order valence-corrected chi connectivity index (χ4v) is 4.34. The molecule has 1 aliphatic rings. The minimum atomic E-state index is -0.00525. The van der Waals surface area contributed by atoms with Crippen LogP contribution in [0.15, 0.2) is 59.3 Å². The fourth-order valence-electron chi connectivity index (χ4n) is 4.34. The summed E-state index contributed by atoms with van der Waals surface area (Å²) in [6, 6.07) is 15.7. The van der Waals surface area contributed by atoms with Crippen LogP contribution in [0.25, 0.3) is 22.1 Å². The Labute approximate surface area is 186 Å². The van der Waals surface area contributed by atoms with Crippen LogP contribution in [0.2, 0.25) is 0 Å². The van der Waals surface area contributed by atoms with Crippen LogP contribution >= 0.6 is 0 Å². The average molecular weight is 431 g/mol. The number of carbonyl (C=O) groups excluding carboxylic acids is 1. The highest BCUT2D eigenvalue weighted by molar-refractivity contribution is 6.05. The van der Waals surface area contributed by atoms with Gasteiger partial charge in [0.05, 0.1) is 6.61 Å². The Hall–Kier alpha value is -3.61. The number of hydrogen-bond acceptors (Lipinski definition) is 6. The first kappa shape index (κ1) is 20.3. The van der Waals surface area contributed by atoms with Crippen LogP contribution in [-0.2, 0) is 11.3 Å². The molecule has 2 aromatic heterocycles. The smallest absolute Gasteiger partial charge is 0.223 e. The number of piperidine rings is 1. The van der Waals surface area contributed by atoms with Crippen molar-refractivity contribution in [3.8, 4) is 5.75 Å². The number of carbonyl (C=O) groups is 1. The van der Waals surface area contributed by atoms with Crippen molar-refractivity contribution in [2.24, 2.45) is 5.92 Å². The van der Waals surface area contributed by atoms with Crippen LogP contribution in [0.3, 0.4) is 0 Å². The first-order chi connectivity index (χ1) is 15.7. The van der Waals surface area contributed by atoms with Gasteiger partial charge in [0.25, 0.3) is 0 Å². The van der Waals surface area contributed by atoms with Crippen molar-refractivity contribution in [3.63, 3.8) is 0 Å². The predicted molar refractivity (Wildman–Crippen MR) is 124 cm³/mol. The van der Waals surface area contributed by atoms with Crippen LogP contribution in [0.5, 0.6) is 5.75 Å². The number of anilines is 1. The Morgan fingerprint density at radius 1 is 1.16 bits per heavy atom. The Morgan fingerprint density at radius 2 is 2.00 bits per heavy atom. The van der Waals surface area contributed by atoms with E-state index in [1.165, 1.54) is 0 Å². The minimum Gasteiger partial charge on any atom is -0.494 e. The molecule has 0 bridgehead atoms. The van der Waals surface area contributed by atoms with Crippen LogP contribution in [-0.4, -0.2) is 35.6 Å². The normalized spacial score (nSPS) is 14.7. The molecule has 7 nitrogen and oxygen atoms in total. The predicted octanol–water partition coefficient (Wildman–Crippen LogP) is 4.31. The molecule has 0 unspecified atom stereocenters. The van der Waals surface area contributed by atoms with Gasteiger partial charge in [-0.1, -0.05) is 24.3 Å². The zero-order valence-corrected chi connectivity index (χ0v) is 18.1. The topological polar surface area (TPSA) is 80.5 Å². The van der Waals surface area contributed by atoms with Gasteiger partial charge in [-0.3, -0.25) is 4.79 Å². The van der Waals surface area contributed by atoms with Gasteiger partial charge in [0.15, 0.2) is 11.4 Å². The van der Waals surface area contributed by atoms with Gasteiger partial charge < -0.3 is 19.4 Å². The summed E-state index contributed by atoms with van der Waals surface area (Å²) >= 11 is 0. The van der Waals surface area contributed by atoms with E-state index in [0.717, 1.165) is 59.5 Å². The molecule has 0 radical (unpaired) electrons. The molecule has 1 saturated heterocycles. The van der Waals surface area contributed by atoms with Gasteiger partial charge in [-0.15, -0.1) is 0 Å². The number of para-hydroxylation sites is 1. The summed E-state index contributed by atoms with van der Waals surface area (Å²) < 4.78 is 11.6. The maximum absolute atomic E-state index is 12.8. The monoisotopic (exact) mass is 430 g/mol. The molecular formula is C25H26N4O3. The van der Waals surface area contributed by atoms with E-state index in [2.05, 4.69) is 20.2 Å². The van der Waals surface area contributed by atoms with Crippen molar-refractivity contribution in [2.75, 3.05) is 24.6 Å². The number of aromatic nitrogens is 2. The zero-order valence-electron chi connectivity index (χ0n) is 18.1. The van der Waals surface area contributed by atoms with E-state index in [9.17, 15) is 4.79 Å². The third-order valence-electron chi connectivity index (χ3n) is 5.98. The van der Waals surface area contributed by atoms with E-state index in [1.54, 1.807) is 6.33 Å². The van der Waals surface area contributed by atoms with Gasteiger partial charge in [-0.25, -0.2) is 9.97 Å². The van der Waals surface area contributed by atoms with E-state index >= 15 is 0 Å². The molecule has 0 aliphatic carbocycles. The zero-order chi connectivity index (χ0) is 21.9. The molecule has 32 heavy (non-hydrogen) atoms. The lowest BCUT2D eigenvalue weighted by Crippen LogP contribution is -2.40. The average Bonchev–Trinajstić information content (AvgIpc) is 3.22. The fraction of sp³-hybridized carbons (Fsp3) is 0.320. The third-order valence-corrected chi connectivity index (χ3v) is 5.98. The maximum Gasteiger partial charge on any atom is 0.223 e. The number of nitrogens with one attached hydrogen (secondary N) is 1. The molecule has 164 valence electrons. The number of amides is 1. The van der Waals surface area contributed by atoms with Crippen LogP contribution in [0, 0.1) is 5.92 Å². The van der Waals surface area contributed by atoms with Gasteiger partial charge in [0, 0.05) is 30.9 Å². The molecule has 4 aromatic rings. The second kappa shape index (κ2) is 8.86. The molecule has 1 fully saturated rings.